The Bertz CT molecular complexity index is 492. The minimum atomic E-state index is -0.242. The van der Waals surface area contributed by atoms with E-state index in [4.69, 9.17) is 5.11 Å². The van der Waals surface area contributed by atoms with Crippen LogP contribution in [0.25, 0.3) is 5.65 Å². The number of hydrogen-bond acceptors (Lipinski definition) is 4. The molecule has 92 valence electrons. The maximum atomic E-state index is 9.13. The zero-order chi connectivity index (χ0) is 12.3. The minimum absolute atomic E-state index is 0.242. The van der Waals surface area contributed by atoms with E-state index in [1.54, 1.807) is 11.4 Å². The number of nitrogens with zero attached hydrogens (tertiary/aromatic N) is 3. The Morgan fingerprint density at radius 3 is 3.12 bits per heavy atom. The summed E-state index contributed by atoms with van der Waals surface area (Å²) in [6, 6.07) is 3.99. The second-order valence-corrected chi connectivity index (χ2v) is 4.36. The highest BCUT2D eigenvalue weighted by molar-refractivity contribution is 5.45. The normalized spacial score (nSPS) is 12.9. The van der Waals surface area contributed by atoms with Crippen molar-refractivity contribution in [3.05, 3.63) is 23.9 Å². The first-order valence-corrected chi connectivity index (χ1v) is 5.90. The van der Waals surface area contributed by atoms with E-state index < -0.39 is 0 Å². The molecule has 2 heterocycles. The van der Waals surface area contributed by atoms with Crippen LogP contribution in [0.15, 0.2) is 18.3 Å². The van der Waals surface area contributed by atoms with Crippen LogP contribution in [0.4, 0.5) is 5.95 Å². The molecule has 0 aromatic carbocycles. The van der Waals surface area contributed by atoms with Crippen LogP contribution in [-0.4, -0.2) is 32.4 Å². The zero-order valence-electron chi connectivity index (χ0n) is 10.2. The van der Waals surface area contributed by atoms with Crippen LogP contribution in [0.2, 0.25) is 0 Å². The minimum Gasteiger partial charge on any atom is -0.393 e. The van der Waals surface area contributed by atoms with Crippen LogP contribution >= 0.6 is 0 Å². The zero-order valence-corrected chi connectivity index (χ0v) is 10.2. The van der Waals surface area contributed by atoms with E-state index in [-0.39, 0.29) is 6.10 Å². The van der Waals surface area contributed by atoms with E-state index in [0.717, 1.165) is 25.0 Å². The average Bonchev–Trinajstić information content (AvgIpc) is 2.66. The second-order valence-electron chi connectivity index (χ2n) is 4.36. The molecule has 5 nitrogen and oxygen atoms in total. The third kappa shape index (κ3) is 3.17. The molecule has 2 rings (SSSR count). The molecule has 0 aliphatic rings. The topological polar surface area (TPSA) is 62.5 Å². The second kappa shape index (κ2) is 5.14. The largest absolute Gasteiger partial charge is 0.393 e. The first-order valence-electron chi connectivity index (χ1n) is 5.90. The lowest BCUT2D eigenvalue weighted by Gasteiger charge is -2.03. The summed E-state index contributed by atoms with van der Waals surface area (Å²) < 4.78 is 1.75. The van der Waals surface area contributed by atoms with Crippen LogP contribution in [0, 0.1) is 6.92 Å². The van der Waals surface area contributed by atoms with Crippen molar-refractivity contribution in [3.8, 4) is 0 Å². The highest BCUT2D eigenvalue weighted by atomic mass is 16.3. The van der Waals surface area contributed by atoms with Gasteiger partial charge in [-0.1, -0.05) is 0 Å². The van der Waals surface area contributed by atoms with Gasteiger partial charge in [0.05, 0.1) is 6.10 Å². The monoisotopic (exact) mass is 234 g/mol. The van der Waals surface area contributed by atoms with E-state index in [0.29, 0.717) is 5.95 Å². The SMILES string of the molecule is Cc1ccn2nc(NCCCC(C)O)nc2c1. The third-order valence-electron chi connectivity index (χ3n) is 2.57. The Labute approximate surface area is 100 Å². The van der Waals surface area contributed by atoms with Crippen molar-refractivity contribution in [1.82, 2.24) is 14.6 Å². The number of aromatic nitrogens is 3. The number of aryl methyl sites for hydroxylation is 1. The number of hydrogen-bond donors (Lipinski definition) is 2. The highest BCUT2D eigenvalue weighted by Gasteiger charge is 2.02. The molecule has 0 aliphatic heterocycles. The summed E-state index contributed by atoms with van der Waals surface area (Å²) in [4.78, 5) is 4.37. The molecule has 1 atom stereocenters. The van der Waals surface area contributed by atoms with Crippen LogP contribution in [0.1, 0.15) is 25.3 Å². The smallest absolute Gasteiger partial charge is 0.243 e. The van der Waals surface area contributed by atoms with Gasteiger partial charge in [0.1, 0.15) is 0 Å². The van der Waals surface area contributed by atoms with Gasteiger partial charge in [0.15, 0.2) is 5.65 Å². The van der Waals surface area contributed by atoms with Crippen LogP contribution < -0.4 is 5.32 Å². The summed E-state index contributed by atoms with van der Waals surface area (Å²) in [5.41, 5.74) is 2.02. The molecule has 2 aromatic rings. The van der Waals surface area contributed by atoms with Crippen molar-refractivity contribution in [2.75, 3.05) is 11.9 Å². The molecule has 0 saturated heterocycles. The number of aliphatic hydroxyl groups is 1. The van der Waals surface area contributed by atoms with Gasteiger partial charge < -0.3 is 10.4 Å². The molecule has 0 amide bonds. The Morgan fingerprint density at radius 2 is 2.35 bits per heavy atom. The lowest BCUT2D eigenvalue weighted by atomic mass is 10.2. The Morgan fingerprint density at radius 1 is 1.53 bits per heavy atom. The molecule has 0 spiro atoms. The summed E-state index contributed by atoms with van der Waals surface area (Å²) in [6.07, 6.45) is 3.36. The van der Waals surface area contributed by atoms with Gasteiger partial charge in [-0.15, -0.1) is 5.10 Å². The number of rotatable bonds is 5. The number of fused-ring (bicyclic) bond motifs is 1. The molecule has 2 N–H and O–H groups in total. The van der Waals surface area contributed by atoms with Gasteiger partial charge in [-0.2, -0.15) is 4.98 Å². The maximum absolute atomic E-state index is 9.13. The fourth-order valence-electron chi connectivity index (χ4n) is 1.66. The average molecular weight is 234 g/mol. The van der Waals surface area contributed by atoms with Gasteiger partial charge in [0.2, 0.25) is 5.95 Å². The first-order chi connectivity index (χ1) is 8.15. The van der Waals surface area contributed by atoms with Gasteiger partial charge in [0.25, 0.3) is 0 Å². The van der Waals surface area contributed by atoms with Crippen LogP contribution in [0.3, 0.4) is 0 Å². The molecule has 2 aromatic heterocycles. The van der Waals surface area contributed by atoms with Crippen molar-refractivity contribution in [3.63, 3.8) is 0 Å². The van der Waals surface area contributed by atoms with E-state index in [2.05, 4.69) is 15.4 Å². The molecule has 0 fully saturated rings. The van der Waals surface area contributed by atoms with Gasteiger partial charge in [0, 0.05) is 12.7 Å². The standard InChI is InChI=1S/C12H18N4O/c1-9-5-7-16-11(8-9)14-12(15-16)13-6-3-4-10(2)17/h5,7-8,10,17H,3-4,6H2,1-2H3,(H,13,15). The van der Waals surface area contributed by atoms with Gasteiger partial charge in [-0.25, -0.2) is 4.52 Å². The maximum Gasteiger partial charge on any atom is 0.243 e. The summed E-state index contributed by atoms with van der Waals surface area (Å²) in [6.45, 7) is 4.61. The molecule has 17 heavy (non-hydrogen) atoms. The fraction of sp³-hybridized carbons (Fsp3) is 0.500. The highest BCUT2D eigenvalue weighted by Crippen LogP contribution is 2.07. The predicted molar refractivity (Wildman–Crippen MR) is 67.1 cm³/mol. The quantitative estimate of drug-likeness (QED) is 0.771. The fourth-order valence-corrected chi connectivity index (χ4v) is 1.66. The van der Waals surface area contributed by atoms with Crippen molar-refractivity contribution >= 4 is 11.6 Å². The third-order valence-corrected chi connectivity index (χ3v) is 2.57. The summed E-state index contributed by atoms with van der Waals surface area (Å²) in [5.74, 6) is 0.640. The summed E-state index contributed by atoms with van der Waals surface area (Å²) in [5, 5.41) is 16.6. The Kier molecular flexibility index (Phi) is 3.58. The number of aliphatic hydroxyl groups excluding tert-OH is 1. The molecule has 0 saturated carbocycles. The number of nitrogens with one attached hydrogen (secondary N) is 1. The lowest BCUT2D eigenvalue weighted by Crippen LogP contribution is -2.07. The molecule has 1 unspecified atom stereocenters. The molecular formula is C12H18N4O. The van der Waals surface area contributed by atoms with E-state index >= 15 is 0 Å². The Hall–Kier alpha value is -1.62. The number of pyridine rings is 1. The molecular weight excluding hydrogens is 216 g/mol. The lowest BCUT2D eigenvalue weighted by molar-refractivity contribution is 0.183. The van der Waals surface area contributed by atoms with E-state index in [1.165, 1.54) is 5.56 Å². The van der Waals surface area contributed by atoms with Gasteiger partial charge >= 0.3 is 0 Å². The van der Waals surface area contributed by atoms with Gasteiger partial charge in [-0.3, -0.25) is 0 Å². The summed E-state index contributed by atoms with van der Waals surface area (Å²) in [7, 11) is 0. The van der Waals surface area contributed by atoms with Crippen LogP contribution in [-0.2, 0) is 0 Å². The number of anilines is 1. The van der Waals surface area contributed by atoms with Gasteiger partial charge in [-0.05, 0) is 44.4 Å². The van der Waals surface area contributed by atoms with E-state index in [9.17, 15) is 0 Å². The van der Waals surface area contributed by atoms with Crippen molar-refractivity contribution in [2.24, 2.45) is 0 Å². The first kappa shape index (κ1) is 11.9. The molecule has 0 radical (unpaired) electrons. The van der Waals surface area contributed by atoms with Crippen molar-refractivity contribution in [2.45, 2.75) is 32.8 Å². The van der Waals surface area contributed by atoms with Crippen molar-refractivity contribution in [1.29, 1.82) is 0 Å². The van der Waals surface area contributed by atoms with Crippen LogP contribution in [0.5, 0.6) is 0 Å². The van der Waals surface area contributed by atoms with E-state index in [1.807, 2.05) is 25.3 Å². The molecule has 5 heteroatoms. The predicted octanol–water partition coefficient (Wildman–Crippen LogP) is 1.61. The molecule has 0 aliphatic carbocycles. The van der Waals surface area contributed by atoms with Crippen molar-refractivity contribution < 1.29 is 5.11 Å². The molecule has 0 bridgehead atoms. The Balaban J connectivity index is 1.95. The summed E-state index contributed by atoms with van der Waals surface area (Å²) >= 11 is 0.